The monoisotopic (exact) mass is 415 g/mol. The van der Waals surface area contributed by atoms with Crippen molar-refractivity contribution in [2.24, 2.45) is 5.92 Å². The molecule has 1 fully saturated rings. The molecule has 0 spiro atoms. The lowest BCUT2D eigenvalue weighted by Gasteiger charge is -2.20. The van der Waals surface area contributed by atoms with Gasteiger partial charge in [0.2, 0.25) is 5.91 Å². The van der Waals surface area contributed by atoms with Gasteiger partial charge >= 0.3 is 5.97 Å². The molecular weight excluding hydrogens is 390 g/mol. The lowest BCUT2D eigenvalue weighted by molar-refractivity contribution is -0.139. The molecule has 1 atom stereocenters. The number of esters is 1. The molecule has 0 unspecified atom stereocenters. The molecule has 1 saturated heterocycles. The predicted molar refractivity (Wildman–Crippen MR) is 119 cm³/mol. The maximum atomic E-state index is 12.7. The molecule has 5 nitrogen and oxygen atoms in total. The number of rotatable bonds is 7. The number of anilines is 1. The second-order valence-corrected chi connectivity index (χ2v) is 7.53. The van der Waals surface area contributed by atoms with Crippen LogP contribution in [0.3, 0.4) is 0 Å². The van der Waals surface area contributed by atoms with Crippen molar-refractivity contribution in [3.05, 3.63) is 90.0 Å². The summed E-state index contributed by atoms with van der Waals surface area (Å²) in [7, 11) is 0. The van der Waals surface area contributed by atoms with E-state index in [1.807, 2.05) is 61.5 Å². The van der Waals surface area contributed by atoms with Gasteiger partial charge in [0.25, 0.3) is 0 Å². The van der Waals surface area contributed by atoms with Crippen molar-refractivity contribution in [3.63, 3.8) is 0 Å². The third-order valence-electron chi connectivity index (χ3n) is 5.31. The van der Waals surface area contributed by atoms with E-state index < -0.39 is 5.92 Å². The van der Waals surface area contributed by atoms with Gasteiger partial charge in [-0.15, -0.1) is 0 Å². The van der Waals surface area contributed by atoms with Crippen LogP contribution in [0.1, 0.15) is 24.5 Å². The van der Waals surface area contributed by atoms with Crippen LogP contribution in [0.2, 0.25) is 0 Å². The van der Waals surface area contributed by atoms with Gasteiger partial charge in [0.15, 0.2) is 0 Å². The number of para-hydroxylation sites is 2. The van der Waals surface area contributed by atoms with Gasteiger partial charge in [0.05, 0.1) is 18.2 Å². The fourth-order valence-electron chi connectivity index (χ4n) is 3.76. The van der Waals surface area contributed by atoms with E-state index in [-0.39, 0.29) is 24.8 Å². The Bertz CT molecular complexity index is 1050. The Balaban J connectivity index is 1.39. The lowest BCUT2D eigenvalue weighted by Crippen LogP contribution is -2.27. The van der Waals surface area contributed by atoms with E-state index >= 15 is 0 Å². The Labute approximate surface area is 182 Å². The molecule has 3 aromatic carbocycles. The van der Waals surface area contributed by atoms with Crippen LogP contribution in [0.15, 0.2) is 78.9 Å². The average molecular weight is 415 g/mol. The van der Waals surface area contributed by atoms with Crippen molar-refractivity contribution in [1.82, 2.24) is 0 Å². The highest BCUT2D eigenvalue weighted by Gasteiger charge is 2.37. The van der Waals surface area contributed by atoms with Crippen LogP contribution in [-0.4, -0.2) is 25.0 Å². The summed E-state index contributed by atoms with van der Waals surface area (Å²) in [6, 6.07) is 25.1. The highest BCUT2D eigenvalue weighted by Crippen LogP contribution is 2.33. The summed E-state index contributed by atoms with van der Waals surface area (Å²) >= 11 is 0. The van der Waals surface area contributed by atoms with Crippen LogP contribution in [-0.2, 0) is 16.0 Å². The van der Waals surface area contributed by atoms with Crippen LogP contribution in [0.25, 0.3) is 0 Å². The lowest BCUT2D eigenvalue weighted by atomic mass is 10.1. The van der Waals surface area contributed by atoms with Crippen molar-refractivity contribution < 1.29 is 19.1 Å². The number of hydrogen-bond acceptors (Lipinski definition) is 4. The average Bonchev–Trinajstić information content (AvgIpc) is 3.18. The van der Waals surface area contributed by atoms with E-state index in [0.29, 0.717) is 23.8 Å². The molecule has 158 valence electrons. The van der Waals surface area contributed by atoms with Gasteiger partial charge < -0.3 is 14.4 Å². The smallest absolute Gasteiger partial charge is 0.316 e. The number of ether oxygens (including phenoxy) is 2. The molecule has 0 radical (unpaired) electrons. The quantitative estimate of drug-likeness (QED) is 0.417. The highest BCUT2D eigenvalue weighted by molar-refractivity contribution is 6.00. The first-order chi connectivity index (χ1) is 15.1. The molecule has 3 aromatic rings. The maximum Gasteiger partial charge on any atom is 0.316 e. The first-order valence-electron chi connectivity index (χ1n) is 10.5. The molecule has 4 rings (SSSR count). The number of benzene rings is 3. The minimum Gasteiger partial charge on any atom is -0.492 e. The largest absolute Gasteiger partial charge is 0.492 e. The molecule has 0 bridgehead atoms. The molecule has 0 aliphatic carbocycles. The van der Waals surface area contributed by atoms with Crippen LogP contribution in [0.5, 0.6) is 11.5 Å². The van der Waals surface area contributed by atoms with Crippen molar-refractivity contribution in [3.8, 4) is 11.5 Å². The van der Waals surface area contributed by atoms with E-state index in [9.17, 15) is 9.59 Å². The Morgan fingerprint density at radius 1 is 0.935 bits per heavy atom. The molecule has 1 aliphatic rings. The summed E-state index contributed by atoms with van der Waals surface area (Å²) in [6.07, 6.45) is 0.950. The third kappa shape index (κ3) is 4.94. The summed E-state index contributed by atoms with van der Waals surface area (Å²) < 4.78 is 11.2. The zero-order chi connectivity index (χ0) is 21.6. The van der Waals surface area contributed by atoms with Gasteiger partial charge in [-0.1, -0.05) is 54.6 Å². The van der Waals surface area contributed by atoms with E-state index in [1.165, 1.54) is 5.56 Å². The Hall–Kier alpha value is -3.60. The summed E-state index contributed by atoms with van der Waals surface area (Å²) in [5, 5.41) is 0. The van der Waals surface area contributed by atoms with Gasteiger partial charge in [-0.3, -0.25) is 9.59 Å². The van der Waals surface area contributed by atoms with Gasteiger partial charge in [-0.05, 0) is 48.7 Å². The summed E-state index contributed by atoms with van der Waals surface area (Å²) in [6.45, 7) is 2.69. The molecule has 0 saturated carbocycles. The number of amides is 1. The second-order valence-electron chi connectivity index (χ2n) is 7.53. The third-order valence-corrected chi connectivity index (χ3v) is 5.31. The van der Waals surface area contributed by atoms with Gasteiger partial charge in [-0.2, -0.15) is 0 Å². The summed E-state index contributed by atoms with van der Waals surface area (Å²) in [4.78, 5) is 26.9. The van der Waals surface area contributed by atoms with E-state index in [2.05, 4.69) is 12.1 Å². The Morgan fingerprint density at radius 3 is 2.35 bits per heavy atom. The molecule has 0 aromatic heterocycles. The zero-order valence-corrected chi connectivity index (χ0v) is 17.5. The number of carbonyl (C=O) groups excluding carboxylic acids is 2. The highest BCUT2D eigenvalue weighted by atomic mass is 16.5. The van der Waals surface area contributed by atoms with Gasteiger partial charge in [0.1, 0.15) is 11.5 Å². The minimum absolute atomic E-state index is 0.104. The van der Waals surface area contributed by atoms with Crippen LogP contribution in [0, 0.1) is 5.92 Å². The van der Waals surface area contributed by atoms with Crippen molar-refractivity contribution in [1.29, 1.82) is 0 Å². The zero-order valence-electron chi connectivity index (χ0n) is 17.5. The molecule has 31 heavy (non-hydrogen) atoms. The number of hydrogen-bond donors (Lipinski definition) is 0. The standard InChI is InChI=1S/C26H25NO4/c1-2-30-24-11-7-6-10-23(24)27-18-21(17-25(27)28)26(29)31-22-14-12-20(13-15-22)16-19-8-4-3-5-9-19/h3-15,21H,2,16-18H2,1H3/t21-/m1/s1. The van der Waals surface area contributed by atoms with Gasteiger partial charge in [-0.25, -0.2) is 0 Å². The molecule has 0 N–H and O–H groups in total. The molecule has 1 heterocycles. The van der Waals surface area contributed by atoms with Crippen LogP contribution < -0.4 is 14.4 Å². The van der Waals surface area contributed by atoms with Crippen LogP contribution >= 0.6 is 0 Å². The molecule has 5 heteroatoms. The first kappa shape index (κ1) is 20.7. The fourth-order valence-corrected chi connectivity index (χ4v) is 3.76. The van der Waals surface area contributed by atoms with E-state index in [1.54, 1.807) is 17.0 Å². The maximum absolute atomic E-state index is 12.7. The Morgan fingerprint density at radius 2 is 1.61 bits per heavy atom. The first-order valence-corrected chi connectivity index (χ1v) is 10.5. The van der Waals surface area contributed by atoms with Crippen molar-refractivity contribution in [2.45, 2.75) is 19.8 Å². The van der Waals surface area contributed by atoms with Crippen LogP contribution in [0.4, 0.5) is 5.69 Å². The Kier molecular flexibility index (Phi) is 6.32. The summed E-state index contributed by atoms with van der Waals surface area (Å²) in [5.41, 5.74) is 3.06. The normalized spacial score (nSPS) is 15.7. The minimum atomic E-state index is -0.508. The molecule has 1 aliphatic heterocycles. The van der Waals surface area contributed by atoms with Crippen molar-refractivity contribution in [2.75, 3.05) is 18.1 Å². The van der Waals surface area contributed by atoms with Crippen molar-refractivity contribution >= 4 is 17.6 Å². The SMILES string of the molecule is CCOc1ccccc1N1C[C@H](C(=O)Oc2ccc(Cc3ccccc3)cc2)CC1=O. The predicted octanol–water partition coefficient (Wildman–Crippen LogP) is 4.63. The van der Waals surface area contributed by atoms with E-state index in [0.717, 1.165) is 12.0 Å². The molecule has 1 amide bonds. The number of nitrogens with zero attached hydrogens (tertiary/aromatic N) is 1. The molecular formula is C26H25NO4. The van der Waals surface area contributed by atoms with Gasteiger partial charge in [0, 0.05) is 13.0 Å². The fraction of sp³-hybridized carbons (Fsp3) is 0.231. The second kappa shape index (κ2) is 9.47. The number of carbonyl (C=O) groups is 2. The van der Waals surface area contributed by atoms with E-state index in [4.69, 9.17) is 9.47 Å². The summed E-state index contributed by atoms with van der Waals surface area (Å²) in [5.74, 6) is 0.128. The topological polar surface area (TPSA) is 55.8 Å².